The molecule has 0 aliphatic carbocycles. The Labute approximate surface area is 110 Å². The van der Waals surface area contributed by atoms with E-state index in [2.05, 4.69) is 0 Å². The number of hydrogen-bond acceptors (Lipinski definition) is 2. The van der Waals surface area contributed by atoms with Crippen molar-refractivity contribution in [3.05, 3.63) is 34.3 Å². The van der Waals surface area contributed by atoms with Crippen molar-refractivity contribution < 1.29 is 13.2 Å². The molecule has 0 saturated heterocycles. The van der Waals surface area contributed by atoms with E-state index in [4.69, 9.17) is 17.3 Å². The summed E-state index contributed by atoms with van der Waals surface area (Å²) in [5.74, 6) is 0. The van der Waals surface area contributed by atoms with E-state index in [1.165, 1.54) is 6.07 Å². The largest absolute Gasteiger partial charge is 0.416 e. The van der Waals surface area contributed by atoms with E-state index in [1.54, 1.807) is 0 Å². The van der Waals surface area contributed by atoms with Crippen LogP contribution in [0.15, 0.2) is 18.2 Å². The molecular weight excluding hydrogens is 265 g/mol. The first-order valence-corrected chi connectivity index (χ1v) is 5.88. The quantitative estimate of drug-likeness (QED) is 0.918. The Hall–Kier alpha value is -0.780. The highest BCUT2D eigenvalue weighted by molar-refractivity contribution is 6.30. The fraction of sp³-hybridized carbons (Fsp3) is 0.500. The molecule has 1 unspecified atom stereocenters. The van der Waals surface area contributed by atoms with Crippen molar-refractivity contribution >= 4 is 11.6 Å². The molecule has 102 valence electrons. The number of alkyl halides is 3. The molecule has 2 nitrogen and oxygen atoms in total. The summed E-state index contributed by atoms with van der Waals surface area (Å²) in [7, 11) is 1.81. The smallest absolute Gasteiger partial charge is 0.329 e. The minimum absolute atomic E-state index is 0.0913. The summed E-state index contributed by atoms with van der Waals surface area (Å²) >= 11 is 5.71. The molecule has 1 aromatic carbocycles. The van der Waals surface area contributed by atoms with Gasteiger partial charge >= 0.3 is 6.18 Å². The van der Waals surface area contributed by atoms with Crippen LogP contribution in [0.25, 0.3) is 0 Å². The zero-order valence-electron chi connectivity index (χ0n) is 10.3. The van der Waals surface area contributed by atoms with E-state index in [0.717, 1.165) is 12.1 Å². The third-order valence-corrected chi connectivity index (χ3v) is 3.03. The van der Waals surface area contributed by atoms with Crippen molar-refractivity contribution in [1.82, 2.24) is 4.90 Å². The van der Waals surface area contributed by atoms with Crippen molar-refractivity contribution in [2.24, 2.45) is 5.73 Å². The summed E-state index contributed by atoms with van der Waals surface area (Å²) < 4.78 is 37.9. The number of benzene rings is 1. The number of nitrogens with zero attached hydrogens (tertiary/aromatic N) is 1. The lowest BCUT2D eigenvalue weighted by Gasteiger charge is -2.23. The lowest BCUT2D eigenvalue weighted by molar-refractivity contribution is -0.137. The van der Waals surface area contributed by atoms with Crippen molar-refractivity contribution in [2.75, 3.05) is 13.6 Å². The summed E-state index contributed by atoms with van der Waals surface area (Å²) in [5, 5.41) is 0.0913. The van der Waals surface area contributed by atoms with Crippen LogP contribution in [0.5, 0.6) is 0 Å². The molecule has 0 fully saturated rings. The molecule has 1 aromatic rings. The van der Waals surface area contributed by atoms with E-state index >= 15 is 0 Å². The van der Waals surface area contributed by atoms with E-state index in [1.807, 2.05) is 18.9 Å². The maximum absolute atomic E-state index is 12.6. The van der Waals surface area contributed by atoms with Gasteiger partial charge in [0.05, 0.1) is 5.56 Å². The molecule has 0 amide bonds. The summed E-state index contributed by atoms with van der Waals surface area (Å²) in [6.45, 7) is 2.74. The topological polar surface area (TPSA) is 29.3 Å². The van der Waals surface area contributed by atoms with Crippen LogP contribution >= 0.6 is 11.6 Å². The van der Waals surface area contributed by atoms with Gasteiger partial charge < -0.3 is 5.73 Å². The van der Waals surface area contributed by atoms with Crippen LogP contribution in [0.4, 0.5) is 13.2 Å². The van der Waals surface area contributed by atoms with Gasteiger partial charge in [-0.1, -0.05) is 11.6 Å². The fourth-order valence-electron chi connectivity index (χ4n) is 1.53. The maximum Gasteiger partial charge on any atom is 0.416 e. The third-order valence-electron chi connectivity index (χ3n) is 2.81. The second-order valence-electron chi connectivity index (χ2n) is 4.35. The monoisotopic (exact) mass is 280 g/mol. The molecule has 0 spiro atoms. The van der Waals surface area contributed by atoms with Gasteiger partial charge in [0.2, 0.25) is 0 Å². The second-order valence-corrected chi connectivity index (χ2v) is 4.78. The number of halogens is 4. The van der Waals surface area contributed by atoms with Gasteiger partial charge in [0.25, 0.3) is 0 Å². The van der Waals surface area contributed by atoms with Crippen LogP contribution in [0.3, 0.4) is 0 Å². The van der Waals surface area contributed by atoms with Crippen LogP contribution in [-0.2, 0) is 12.7 Å². The van der Waals surface area contributed by atoms with Crippen LogP contribution in [-0.4, -0.2) is 24.5 Å². The Morgan fingerprint density at radius 2 is 1.94 bits per heavy atom. The van der Waals surface area contributed by atoms with E-state index < -0.39 is 11.7 Å². The first-order valence-electron chi connectivity index (χ1n) is 5.51. The second kappa shape index (κ2) is 5.91. The first-order chi connectivity index (χ1) is 8.24. The lowest BCUT2D eigenvalue weighted by Crippen LogP contribution is -2.34. The van der Waals surface area contributed by atoms with Gasteiger partial charge in [0.15, 0.2) is 0 Å². The van der Waals surface area contributed by atoms with Gasteiger partial charge in [-0.05, 0) is 37.7 Å². The minimum Gasteiger partial charge on any atom is -0.329 e. The Morgan fingerprint density at radius 1 is 1.33 bits per heavy atom. The number of nitrogens with two attached hydrogens (primary N) is 1. The third kappa shape index (κ3) is 4.15. The summed E-state index contributed by atoms with van der Waals surface area (Å²) in [6.07, 6.45) is -4.38. The number of hydrogen-bond donors (Lipinski definition) is 1. The molecule has 0 aromatic heterocycles. The van der Waals surface area contributed by atoms with Crippen LogP contribution < -0.4 is 5.73 Å². The van der Waals surface area contributed by atoms with Crippen molar-refractivity contribution in [2.45, 2.75) is 25.7 Å². The van der Waals surface area contributed by atoms with Crippen LogP contribution in [0.2, 0.25) is 5.02 Å². The van der Waals surface area contributed by atoms with Gasteiger partial charge in [0, 0.05) is 24.2 Å². The Kier molecular flexibility index (Phi) is 5.01. The highest BCUT2D eigenvalue weighted by Crippen LogP contribution is 2.32. The Morgan fingerprint density at radius 3 is 2.44 bits per heavy atom. The molecule has 1 atom stereocenters. The molecule has 6 heteroatoms. The summed E-state index contributed by atoms with van der Waals surface area (Å²) in [4.78, 5) is 1.88. The van der Waals surface area contributed by atoms with Gasteiger partial charge in [0.1, 0.15) is 0 Å². The average Bonchev–Trinajstić information content (AvgIpc) is 2.25. The average molecular weight is 281 g/mol. The van der Waals surface area contributed by atoms with Crippen LogP contribution in [0.1, 0.15) is 18.1 Å². The molecule has 0 saturated carbocycles. The number of likely N-dealkylation sites (N-methyl/N-ethyl adjacent to an activating group) is 1. The van der Waals surface area contributed by atoms with E-state index in [9.17, 15) is 13.2 Å². The van der Waals surface area contributed by atoms with Gasteiger partial charge in [-0.25, -0.2) is 0 Å². The zero-order valence-corrected chi connectivity index (χ0v) is 11.0. The highest BCUT2D eigenvalue weighted by Gasteiger charge is 2.31. The molecule has 1 rings (SSSR count). The molecule has 2 N–H and O–H groups in total. The first kappa shape index (κ1) is 15.3. The van der Waals surface area contributed by atoms with Gasteiger partial charge in [-0.2, -0.15) is 13.2 Å². The van der Waals surface area contributed by atoms with Crippen molar-refractivity contribution in [3.8, 4) is 0 Å². The molecule has 0 bridgehead atoms. The van der Waals surface area contributed by atoms with Gasteiger partial charge in [-0.3, -0.25) is 4.90 Å². The van der Waals surface area contributed by atoms with Gasteiger partial charge in [-0.15, -0.1) is 0 Å². The van der Waals surface area contributed by atoms with Crippen LogP contribution in [0, 0.1) is 0 Å². The fourth-order valence-corrected chi connectivity index (χ4v) is 1.79. The van der Waals surface area contributed by atoms with E-state index in [-0.39, 0.29) is 11.1 Å². The highest BCUT2D eigenvalue weighted by atomic mass is 35.5. The van der Waals surface area contributed by atoms with E-state index in [0.29, 0.717) is 18.7 Å². The SMILES string of the molecule is CC(CN)N(C)Cc1cc(Cl)cc(C(F)(F)F)c1. The predicted octanol–water partition coefficient (Wildman–Crippen LogP) is 3.14. The standard InChI is InChI=1S/C12H16ClF3N2/c1-8(6-17)18(2)7-9-3-10(12(14,15)16)5-11(13)4-9/h3-5,8H,6-7,17H2,1-2H3. The Bertz CT molecular complexity index is 407. The maximum atomic E-state index is 12.6. The zero-order chi connectivity index (χ0) is 13.9. The lowest BCUT2D eigenvalue weighted by atomic mass is 10.1. The molecule has 0 aliphatic heterocycles. The number of rotatable bonds is 4. The predicted molar refractivity (Wildman–Crippen MR) is 66.4 cm³/mol. The van der Waals surface area contributed by atoms with Crippen molar-refractivity contribution in [3.63, 3.8) is 0 Å². The molecule has 0 aliphatic rings. The molecule has 0 radical (unpaired) electrons. The van der Waals surface area contributed by atoms with Crippen molar-refractivity contribution in [1.29, 1.82) is 0 Å². The summed E-state index contributed by atoms with van der Waals surface area (Å²) in [5.41, 5.74) is 5.31. The summed E-state index contributed by atoms with van der Waals surface area (Å²) in [6, 6.07) is 3.68. The Balaban J connectivity index is 2.94. The minimum atomic E-state index is -4.38. The normalized spacial score (nSPS) is 14.0. The molecule has 0 heterocycles. The molecule has 18 heavy (non-hydrogen) atoms. The molecular formula is C12H16ClF3N2.